The molecule has 3 aromatic rings. The number of hydrogen-bond acceptors (Lipinski definition) is 4. The number of hydrogen-bond donors (Lipinski definition) is 3. The zero-order valence-corrected chi connectivity index (χ0v) is 17.0. The number of anilines is 1. The Morgan fingerprint density at radius 3 is 2.62 bits per heavy atom. The van der Waals surface area contributed by atoms with E-state index < -0.39 is 12.1 Å². The summed E-state index contributed by atoms with van der Waals surface area (Å²) >= 11 is 0. The number of carbonyl (C=O) groups excluding carboxylic acids is 1. The largest absolute Gasteiger partial charge is 0.490 e. The summed E-state index contributed by atoms with van der Waals surface area (Å²) in [7, 11) is 0. The van der Waals surface area contributed by atoms with Crippen molar-refractivity contribution in [3.63, 3.8) is 0 Å². The lowest BCUT2D eigenvalue weighted by Gasteiger charge is -2.20. The third-order valence-corrected chi connectivity index (χ3v) is 4.88. The number of fused-ring (bicyclic) bond motifs is 2. The molecule has 1 aliphatic heterocycles. The number of aliphatic carboxylic acids is 1. The molecular formula is C21H20F4N4O3. The van der Waals surface area contributed by atoms with Gasteiger partial charge in [-0.1, -0.05) is 12.1 Å². The van der Waals surface area contributed by atoms with E-state index in [0.717, 1.165) is 30.6 Å². The molecule has 0 spiro atoms. The Bertz CT molecular complexity index is 1160. The fourth-order valence-electron chi connectivity index (χ4n) is 3.42. The maximum Gasteiger partial charge on any atom is 0.490 e. The van der Waals surface area contributed by atoms with Crippen LogP contribution in [0.1, 0.15) is 28.4 Å². The number of amides is 1. The second-order valence-electron chi connectivity index (χ2n) is 6.94. The molecule has 4 rings (SSSR count). The molecule has 0 atom stereocenters. The molecule has 0 bridgehead atoms. The van der Waals surface area contributed by atoms with Gasteiger partial charge < -0.3 is 15.0 Å². The molecule has 2 heterocycles. The molecule has 7 nitrogen and oxygen atoms in total. The van der Waals surface area contributed by atoms with Crippen LogP contribution in [0.3, 0.4) is 0 Å². The number of nitrogens with zero attached hydrogens (tertiary/aromatic N) is 2. The van der Waals surface area contributed by atoms with Crippen molar-refractivity contribution < 1.29 is 32.3 Å². The van der Waals surface area contributed by atoms with E-state index in [1.807, 2.05) is 29.7 Å². The lowest BCUT2D eigenvalue weighted by Crippen LogP contribution is -2.27. The number of halogens is 4. The third-order valence-electron chi connectivity index (χ3n) is 4.88. The van der Waals surface area contributed by atoms with E-state index in [1.165, 1.54) is 12.1 Å². The van der Waals surface area contributed by atoms with Crippen molar-refractivity contribution in [1.29, 1.82) is 0 Å². The quantitative estimate of drug-likeness (QED) is 0.527. The number of imidazole rings is 1. The van der Waals surface area contributed by atoms with Crippen LogP contribution in [0.5, 0.6) is 0 Å². The van der Waals surface area contributed by atoms with Gasteiger partial charge in [-0.15, -0.1) is 0 Å². The smallest absolute Gasteiger partial charge is 0.475 e. The Morgan fingerprint density at radius 1 is 1.25 bits per heavy atom. The lowest BCUT2D eigenvalue weighted by molar-refractivity contribution is -0.192. The highest BCUT2D eigenvalue weighted by Gasteiger charge is 2.38. The first kappa shape index (κ1) is 23.2. The normalized spacial score (nSPS) is 13.2. The number of carboxylic acid groups (broad SMARTS) is 1. The van der Waals surface area contributed by atoms with Gasteiger partial charge in [0.2, 0.25) is 5.95 Å². The monoisotopic (exact) mass is 452 g/mol. The van der Waals surface area contributed by atoms with Crippen molar-refractivity contribution in [2.24, 2.45) is 0 Å². The van der Waals surface area contributed by atoms with Gasteiger partial charge in [0.05, 0.1) is 11.0 Å². The highest BCUT2D eigenvalue weighted by atomic mass is 19.4. The summed E-state index contributed by atoms with van der Waals surface area (Å²) in [6.07, 6.45) is -4.26. The molecule has 1 aliphatic rings. The first-order valence-electron chi connectivity index (χ1n) is 9.70. The van der Waals surface area contributed by atoms with Crippen LogP contribution in [0.4, 0.5) is 23.5 Å². The fraction of sp³-hybridized carbons (Fsp3) is 0.286. The molecule has 11 heteroatoms. The molecule has 0 radical (unpaired) electrons. The van der Waals surface area contributed by atoms with Crippen LogP contribution in [-0.2, 0) is 24.3 Å². The second-order valence-corrected chi connectivity index (χ2v) is 6.94. The number of nitrogens with one attached hydrogen (secondary N) is 2. The van der Waals surface area contributed by atoms with E-state index in [-0.39, 0.29) is 11.7 Å². The van der Waals surface area contributed by atoms with Gasteiger partial charge in [-0.3, -0.25) is 10.1 Å². The molecule has 3 N–H and O–H groups in total. The van der Waals surface area contributed by atoms with Gasteiger partial charge in [0.1, 0.15) is 5.82 Å². The number of carboxylic acids is 1. The predicted octanol–water partition coefficient (Wildman–Crippen LogP) is 3.73. The van der Waals surface area contributed by atoms with Crippen LogP contribution in [0.25, 0.3) is 11.0 Å². The summed E-state index contributed by atoms with van der Waals surface area (Å²) in [5.41, 5.74) is 4.27. The van der Waals surface area contributed by atoms with Crippen LogP contribution in [0.15, 0.2) is 36.4 Å². The third kappa shape index (κ3) is 5.05. The van der Waals surface area contributed by atoms with E-state index in [4.69, 9.17) is 9.90 Å². The molecule has 1 aromatic heterocycles. The minimum Gasteiger partial charge on any atom is -0.475 e. The van der Waals surface area contributed by atoms with Crippen molar-refractivity contribution in [1.82, 2.24) is 14.9 Å². The minimum absolute atomic E-state index is 0.177. The molecule has 170 valence electrons. The van der Waals surface area contributed by atoms with Crippen LogP contribution in [0, 0.1) is 5.82 Å². The number of alkyl halides is 3. The molecule has 1 amide bonds. The zero-order valence-electron chi connectivity index (χ0n) is 17.0. The highest BCUT2D eigenvalue weighted by Crippen LogP contribution is 2.23. The molecule has 0 aliphatic carbocycles. The standard InChI is InChI=1S/C19H19FN4O.C2HF3O2/c1-2-24-17-10-13(20)6-7-16(17)22-19(24)23-18(25)15-5-3-4-12-11-21-9-8-14(12)15;3-2(4,5)1(6)7/h3-7,10,21H,2,8-9,11H2,1H3,(H,22,23,25);(H,6,7). The average molecular weight is 452 g/mol. The maximum atomic E-state index is 13.5. The molecule has 0 saturated heterocycles. The van der Waals surface area contributed by atoms with E-state index in [1.54, 1.807) is 6.07 Å². The Morgan fingerprint density at radius 2 is 1.97 bits per heavy atom. The summed E-state index contributed by atoms with van der Waals surface area (Å²) < 4.78 is 47.1. The number of carbonyl (C=O) groups is 2. The van der Waals surface area contributed by atoms with Crippen molar-refractivity contribution >= 4 is 28.9 Å². The van der Waals surface area contributed by atoms with E-state index in [9.17, 15) is 22.4 Å². The average Bonchev–Trinajstić information content (AvgIpc) is 3.09. The Hall–Kier alpha value is -3.47. The molecule has 0 unspecified atom stereocenters. The molecule has 0 saturated carbocycles. The van der Waals surface area contributed by atoms with Gasteiger partial charge in [-0.2, -0.15) is 13.2 Å². The van der Waals surface area contributed by atoms with E-state index in [2.05, 4.69) is 15.6 Å². The summed E-state index contributed by atoms with van der Waals surface area (Å²) in [6.45, 7) is 4.18. The highest BCUT2D eigenvalue weighted by molar-refractivity contribution is 6.05. The van der Waals surface area contributed by atoms with Gasteiger partial charge >= 0.3 is 12.1 Å². The van der Waals surface area contributed by atoms with Gasteiger partial charge in [-0.05, 0) is 55.3 Å². The minimum atomic E-state index is -5.08. The molecule has 2 aromatic carbocycles. The lowest BCUT2D eigenvalue weighted by atomic mass is 9.95. The van der Waals surface area contributed by atoms with Crippen molar-refractivity contribution in [3.8, 4) is 0 Å². The number of aromatic nitrogens is 2. The molecule has 0 fully saturated rings. The Labute approximate surface area is 180 Å². The van der Waals surface area contributed by atoms with Crippen LogP contribution in [0.2, 0.25) is 0 Å². The van der Waals surface area contributed by atoms with Crippen LogP contribution >= 0.6 is 0 Å². The summed E-state index contributed by atoms with van der Waals surface area (Å²) in [5, 5.41) is 13.3. The summed E-state index contributed by atoms with van der Waals surface area (Å²) in [4.78, 5) is 26.2. The van der Waals surface area contributed by atoms with Crippen molar-refractivity contribution in [2.45, 2.75) is 32.6 Å². The first-order chi connectivity index (χ1) is 15.1. The van der Waals surface area contributed by atoms with Gasteiger partial charge in [0.15, 0.2) is 0 Å². The van der Waals surface area contributed by atoms with E-state index >= 15 is 0 Å². The second kappa shape index (κ2) is 9.35. The Kier molecular flexibility index (Phi) is 6.78. The van der Waals surface area contributed by atoms with Crippen molar-refractivity contribution in [3.05, 3.63) is 58.9 Å². The van der Waals surface area contributed by atoms with Crippen LogP contribution < -0.4 is 10.6 Å². The van der Waals surface area contributed by atoms with E-state index in [0.29, 0.717) is 29.1 Å². The molecule has 32 heavy (non-hydrogen) atoms. The number of aryl methyl sites for hydroxylation is 1. The van der Waals surface area contributed by atoms with Gasteiger partial charge in [0, 0.05) is 18.7 Å². The van der Waals surface area contributed by atoms with Crippen molar-refractivity contribution in [2.75, 3.05) is 11.9 Å². The summed E-state index contributed by atoms with van der Waals surface area (Å²) in [6, 6.07) is 10.2. The first-order valence-corrected chi connectivity index (χ1v) is 9.70. The predicted molar refractivity (Wildman–Crippen MR) is 109 cm³/mol. The summed E-state index contributed by atoms with van der Waals surface area (Å²) in [5.74, 6) is -2.80. The number of benzene rings is 2. The number of rotatable bonds is 3. The SMILES string of the molecule is CCn1c(NC(=O)c2cccc3c2CCNC3)nc2ccc(F)cc21.O=C(O)C(F)(F)F. The topological polar surface area (TPSA) is 96.3 Å². The van der Waals surface area contributed by atoms with Crippen LogP contribution in [-0.4, -0.2) is 39.3 Å². The fourth-order valence-corrected chi connectivity index (χ4v) is 3.42. The zero-order chi connectivity index (χ0) is 23.5. The van der Waals surface area contributed by atoms with Gasteiger partial charge in [-0.25, -0.2) is 14.2 Å². The van der Waals surface area contributed by atoms with Gasteiger partial charge in [0.25, 0.3) is 5.91 Å². The Balaban J connectivity index is 0.000000360. The maximum absolute atomic E-state index is 13.5. The molecular weight excluding hydrogens is 432 g/mol.